The van der Waals surface area contributed by atoms with Crippen LogP contribution in [0.15, 0.2) is 46.9 Å². The molecule has 1 heterocycles. The largest absolute Gasteiger partial charge is 0.494 e. The lowest BCUT2D eigenvalue weighted by Crippen LogP contribution is -2.27. The van der Waals surface area contributed by atoms with E-state index < -0.39 is 5.97 Å². The number of ether oxygens (including phenoxy) is 1. The molecule has 0 aliphatic heterocycles. The molecule has 6 nitrogen and oxygen atoms in total. The Balaban J connectivity index is 1.32. The smallest absolute Gasteiger partial charge is 0.335 e. The van der Waals surface area contributed by atoms with E-state index in [0.717, 1.165) is 35.5 Å². The second kappa shape index (κ2) is 10.00. The molecule has 178 valence electrons. The first-order chi connectivity index (χ1) is 16.6. The molecule has 0 amide bonds. The highest BCUT2D eigenvalue weighted by Crippen LogP contribution is 2.44. The van der Waals surface area contributed by atoms with E-state index >= 15 is 0 Å². The van der Waals surface area contributed by atoms with E-state index in [1.165, 1.54) is 62.6 Å². The third-order valence-corrected chi connectivity index (χ3v) is 7.46. The number of nitrogens with zero attached hydrogens (tertiary/aromatic N) is 2. The zero-order valence-corrected chi connectivity index (χ0v) is 19.7. The van der Waals surface area contributed by atoms with Crippen molar-refractivity contribution in [2.45, 2.75) is 58.3 Å². The zero-order chi connectivity index (χ0) is 23.5. The number of aryl methyl sites for hydroxylation is 1. The molecule has 2 aliphatic rings. The van der Waals surface area contributed by atoms with E-state index in [0.29, 0.717) is 24.0 Å². The van der Waals surface area contributed by atoms with Gasteiger partial charge in [-0.05, 0) is 105 Å². The highest BCUT2D eigenvalue weighted by molar-refractivity contribution is 5.88. The van der Waals surface area contributed by atoms with Crippen molar-refractivity contribution in [1.29, 1.82) is 0 Å². The van der Waals surface area contributed by atoms with Gasteiger partial charge < -0.3 is 14.3 Å². The van der Waals surface area contributed by atoms with Crippen LogP contribution in [0.2, 0.25) is 0 Å². The standard InChI is InChI=1S/C28H32N2O4/c1-2-33-25-13-12-24(17-23(25)7-6-20-15-18-4-3-5-19(14-18)16-20)27-30-29-26(34-27)21-8-10-22(11-9-21)28(31)32/h8-13,17-20H,2-7,14-16H2,1H3,(H,31,32). The Morgan fingerprint density at radius 2 is 1.68 bits per heavy atom. The first-order valence-corrected chi connectivity index (χ1v) is 12.5. The minimum Gasteiger partial charge on any atom is -0.494 e. The van der Waals surface area contributed by atoms with Gasteiger partial charge >= 0.3 is 5.97 Å². The number of aromatic carboxylic acids is 1. The third-order valence-electron chi connectivity index (χ3n) is 7.46. The Hall–Kier alpha value is -3.15. The molecule has 1 N–H and O–H groups in total. The van der Waals surface area contributed by atoms with Crippen LogP contribution < -0.4 is 4.74 Å². The lowest BCUT2D eigenvalue weighted by atomic mass is 9.67. The Labute approximate surface area is 200 Å². The molecule has 1 aromatic heterocycles. The first kappa shape index (κ1) is 22.6. The molecule has 2 unspecified atom stereocenters. The average Bonchev–Trinajstić information content (AvgIpc) is 3.34. The van der Waals surface area contributed by atoms with Gasteiger partial charge in [0.2, 0.25) is 11.8 Å². The molecule has 2 fully saturated rings. The number of benzene rings is 2. The van der Waals surface area contributed by atoms with E-state index in [2.05, 4.69) is 16.3 Å². The Morgan fingerprint density at radius 3 is 2.35 bits per heavy atom. The third kappa shape index (κ3) is 5.01. The molecule has 2 saturated carbocycles. The summed E-state index contributed by atoms with van der Waals surface area (Å²) in [7, 11) is 0. The molecule has 0 radical (unpaired) electrons. The van der Waals surface area contributed by atoms with E-state index in [1.807, 2.05) is 19.1 Å². The lowest BCUT2D eigenvalue weighted by Gasteiger charge is -2.39. The van der Waals surface area contributed by atoms with Crippen LogP contribution in [-0.4, -0.2) is 27.9 Å². The molecule has 34 heavy (non-hydrogen) atoms. The van der Waals surface area contributed by atoms with Crippen molar-refractivity contribution >= 4 is 5.97 Å². The van der Waals surface area contributed by atoms with Gasteiger partial charge in [-0.15, -0.1) is 10.2 Å². The number of rotatable bonds is 8. The van der Waals surface area contributed by atoms with Crippen molar-refractivity contribution in [1.82, 2.24) is 10.2 Å². The topological polar surface area (TPSA) is 85.5 Å². The number of hydrogen-bond donors (Lipinski definition) is 1. The van der Waals surface area contributed by atoms with E-state index in [4.69, 9.17) is 14.3 Å². The van der Waals surface area contributed by atoms with Crippen LogP contribution in [0.5, 0.6) is 5.75 Å². The van der Waals surface area contributed by atoms with E-state index in [-0.39, 0.29) is 5.56 Å². The second-order valence-electron chi connectivity index (χ2n) is 9.83. The molecular formula is C28H32N2O4. The van der Waals surface area contributed by atoms with E-state index in [1.54, 1.807) is 12.1 Å². The SMILES string of the molecule is CCOc1ccc(-c2nnc(-c3ccc(C(=O)O)cc3)o2)cc1CCC1CC2CCCC(C2)C1. The fourth-order valence-electron chi connectivity index (χ4n) is 5.88. The highest BCUT2D eigenvalue weighted by atomic mass is 16.5. The van der Waals surface area contributed by atoms with Gasteiger partial charge in [-0.3, -0.25) is 0 Å². The number of fused-ring (bicyclic) bond motifs is 2. The molecule has 0 saturated heterocycles. The summed E-state index contributed by atoms with van der Waals surface area (Å²) in [6, 6.07) is 12.5. The van der Waals surface area contributed by atoms with Crippen LogP contribution in [0, 0.1) is 17.8 Å². The maximum Gasteiger partial charge on any atom is 0.335 e. The van der Waals surface area contributed by atoms with Crippen molar-refractivity contribution in [2.24, 2.45) is 17.8 Å². The summed E-state index contributed by atoms with van der Waals surface area (Å²) in [4.78, 5) is 11.1. The molecule has 0 spiro atoms. The summed E-state index contributed by atoms with van der Waals surface area (Å²) in [6.45, 7) is 2.65. The predicted molar refractivity (Wildman–Crippen MR) is 130 cm³/mol. The van der Waals surface area contributed by atoms with Crippen molar-refractivity contribution in [3.8, 4) is 28.7 Å². The monoisotopic (exact) mass is 460 g/mol. The van der Waals surface area contributed by atoms with Crippen LogP contribution in [0.4, 0.5) is 0 Å². The molecule has 2 aromatic carbocycles. The van der Waals surface area contributed by atoms with Gasteiger partial charge in [-0.25, -0.2) is 4.79 Å². The number of carboxylic acids is 1. The van der Waals surface area contributed by atoms with Crippen LogP contribution in [-0.2, 0) is 6.42 Å². The van der Waals surface area contributed by atoms with E-state index in [9.17, 15) is 4.79 Å². The van der Waals surface area contributed by atoms with Gasteiger partial charge in [-0.1, -0.05) is 19.3 Å². The van der Waals surface area contributed by atoms with Gasteiger partial charge in [0.25, 0.3) is 0 Å². The number of carbonyl (C=O) groups is 1. The fourth-order valence-corrected chi connectivity index (χ4v) is 5.88. The minimum atomic E-state index is -0.962. The fraction of sp³-hybridized carbons (Fsp3) is 0.464. The Bertz CT molecular complexity index is 1130. The molecule has 2 atom stereocenters. The summed E-state index contributed by atoms with van der Waals surface area (Å²) in [5.74, 6) is 3.49. The maximum atomic E-state index is 11.1. The van der Waals surface area contributed by atoms with Gasteiger partial charge in [0.15, 0.2) is 0 Å². The Morgan fingerprint density at radius 1 is 1.00 bits per heavy atom. The van der Waals surface area contributed by atoms with Gasteiger partial charge in [0.05, 0.1) is 12.2 Å². The number of aromatic nitrogens is 2. The first-order valence-electron chi connectivity index (χ1n) is 12.5. The lowest BCUT2D eigenvalue weighted by molar-refractivity contribution is 0.0697. The molecule has 3 aromatic rings. The Kier molecular flexibility index (Phi) is 6.66. The summed E-state index contributed by atoms with van der Waals surface area (Å²) in [6.07, 6.45) is 10.7. The van der Waals surface area contributed by atoms with Crippen LogP contribution in [0.1, 0.15) is 67.8 Å². The molecule has 5 rings (SSSR count). The minimum absolute atomic E-state index is 0.223. The molecule has 2 bridgehead atoms. The van der Waals surface area contributed by atoms with Crippen LogP contribution in [0.3, 0.4) is 0 Å². The maximum absolute atomic E-state index is 11.1. The number of carboxylic acid groups (broad SMARTS) is 1. The van der Waals surface area contributed by atoms with Crippen molar-refractivity contribution in [3.05, 3.63) is 53.6 Å². The second-order valence-corrected chi connectivity index (χ2v) is 9.83. The van der Waals surface area contributed by atoms with Crippen LogP contribution in [0.25, 0.3) is 22.9 Å². The van der Waals surface area contributed by atoms with Crippen molar-refractivity contribution in [3.63, 3.8) is 0 Å². The molecule has 2 aliphatic carbocycles. The summed E-state index contributed by atoms with van der Waals surface area (Å²) in [5, 5.41) is 17.5. The summed E-state index contributed by atoms with van der Waals surface area (Å²) < 4.78 is 11.9. The quantitative estimate of drug-likeness (QED) is 0.405. The van der Waals surface area contributed by atoms with Crippen LogP contribution >= 0.6 is 0 Å². The molecular weight excluding hydrogens is 428 g/mol. The van der Waals surface area contributed by atoms with Crippen molar-refractivity contribution in [2.75, 3.05) is 6.61 Å². The van der Waals surface area contributed by atoms with Gasteiger partial charge in [0.1, 0.15) is 5.75 Å². The molecule has 6 heteroatoms. The number of hydrogen-bond acceptors (Lipinski definition) is 5. The van der Waals surface area contributed by atoms with Crippen molar-refractivity contribution < 1.29 is 19.1 Å². The normalized spacial score (nSPS) is 21.9. The van der Waals surface area contributed by atoms with Gasteiger partial charge in [-0.2, -0.15) is 0 Å². The summed E-state index contributed by atoms with van der Waals surface area (Å²) >= 11 is 0. The summed E-state index contributed by atoms with van der Waals surface area (Å²) in [5.41, 5.74) is 2.99. The van der Waals surface area contributed by atoms with Gasteiger partial charge in [0, 0.05) is 11.1 Å². The zero-order valence-electron chi connectivity index (χ0n) is 19.7. The predicted octanol–water partition coefficient (Wildman–Crippen LogP) is 6.65. The average molecular weight is 461 g/mol. The highest BCUT2D eigenvalue weighted by Gasteiger charge is 2.31.